The van der Waals surface area contributed by atoms with E-state index in [2.05, 4.69) is 4.90 Å². The van der Waals surface area contributed by atoms with Crippen molar-refractivity contribution in [2.45, 2.75) is 18.2 Å². The molecule has 1 amide bonds. The maximum atomic E-state index is 13.6. The molecule has 2 heterocycles. The van der Waals surface area contributed by atoms with E-state index >= 15 is 0 Å². The molecule has 1 saturated heterocycles. The topological polar surface area (TPSA) is 89.0 Å². The predicted molar refractivity (Wildman–Crippen MR) is 134 cm³/mol. The summed E-state index contributed by atoms with van der Waals surface area (Å²) in [4.78, 5) is 22.5. The molecule has 0 bridgehead atoms. The van der Waals surface area contributed by atoms with Crippen molar-refractivity contribution in [2.75, 3.05) is 57.2 Å². The highest BCUT2D eigenvalue weighted by Gasteiger charge is 2.23. The smallest absolute Gasteiger partial charge is 0.260 e. The van der Waals surface area contributed by atoms with Crippen LogP contribution in [0.3, 0.4) is 0 Å². The Bertz CT molecular complexity index is 1250. The third-order valence-corrected chi connectivity index (χ3v) is 8.63. The van der Waals surface area contributed by atoms with Crippen LogP contribution in [0, 0.1) is 0 Å². The Balaban J connectivity index is 1.63. The summed E-state index contributed by atoms with van der Waals surface area (Å²) in [7, 11) is -1.82. The Labute approximate surface area is 204 Å². The van der Waals surface area contributed by atoms with Crippen LogP contribution in [0.2, 0.25) is 0 Å². The third kappa shape index (κ3) is 5.57. The van der Waals surface area contributed by atoms with E-state index in [1.807, 2.05) is 18.2 Å². The number of carbonyl (C=O) groups is 1. The standard InChI is InChI=1S/C24H29N3O5S2/c1-3-34(29,30)20-7-4-6-18(16-20)23(28)27(11-5-10-26-12-14-32-15-13-26)24-25-21-17-19(31-2)8-9-22(21)33-24/h4,6-9,16-17H,3,5,10-15H2,1-2H3. The summed E-state index contributed by atoms with van der Waals surface area (Å²) in [5.41, 5.74) is 1.09. The number of amides is 1. The molecule has 0 radical (unpaired) electrons. The number of hydrogen-bond donors (Lipinski definition) is 0. The van der Waals surface area contributed by atoms with Crippen LogP contribution in [0.1, 0.15) is 23.7 Å². The van der Waals surface area contributed by atoms with E-state index in [0.29, 0.717) is 23.0 Å². The summed E-state index contributed by atoms with van der Waals surface area (Å²) in [5, 5.41) is 0.582. The fourth-order valence-electron chi connectivity index (χ4n) is 3.84. The van der Waals surface area contributed by atoms with Gasteiger partial charge in [-0.15, -0.1) is 0 Å². The molecule has 8 nitrogen and oxygen atoms in total. The molecule has 0 unspecified atom stereocenters. The van der Waals surface area contributed by atoms with Gasteiger partial charge in [0.05, 0.1) is 41.2 Å². The van der Waals surface area contributed by atoms with Gasteiger partial charge >= 0.3 is 0 Å². The molecule has 0 atom stereocenters. The van der Waals surface area contributed by atoms with Crippen LogP contribution in [0.5, 0.6) is 5.75 Å². The van der Waals surface area contributed by atoms with Crippen molar-refractivity contribution < 1.29 is 22.7 Å². The summed E-state index contributed by atoms with van der Waals surface area (Å²) < 4.78 is 36.4. The monoisotopic (exact) mass is 503 g/mol. The minimum Gasteiger partial charge on any atom is -0.497 e. The minimum absolute atomic E-state index is 0.0202. The third-order valence-electron chi connectivity index (χ3n) is 5.84. The first-order valence-electron chi connectivity index (χ1n) is 11.3. The van der Waals surface area contributed by atoms with Crippen molar-refractivity contribution in [1.82, 2.24) is 9.88 Å². The number of rotatable bonds is 9. The van der Waals surface area contributed by atoms with Gasteiger partial charge < -0.3 is 9.47 Å². The highest BCUT2D eigenvalue weighted by Crippen LogP contribution is 2.32. The average molecular weight is 504 g/mol. The SMILES string of the molecule is CCS(=O)(=O)c1cccc(C(=O)N(CCCN2CCOCC2)c2nc3cc(OC)ccc3s2)c1. The van der Waals surface area contributed by atoms with Crippen molar-refractivity contribution in [3.05, 3.63) is 48.0 Å². The number of thiazole rings is 1. The number of benzene rings is 2. The number of sulfone groups is 1. The lowest BCUT2D eigenvalue weighted by molar-refractivity contribution is 0.0376. The molecule has 0 aliphatic carbocycles. The second kappa shape index (κ2) is 10.8. The first kappa shape index (κ1) is 24.6. The molecular formula is C24H29N3O5S2. The Hall–Kier alpha value is -2.53. The summed E-state index contributed by atoms with van der Waals surface area (Å²) in [6.45, 7) is 6.12. The van der Waals surface area contributed by atoms with Gasteiger partial charge in [-0.05, 0) is 36.8 Å². The van der Waals surface area contributed by atoms with Gasteiger partial charge in [-0.3, -0.25) is 14.6 Å². The van der Waals surface area contributed by atoms with Gasteiger partial charge in [0, 0.05) is 37.8 Å². The molecule has 1 aliphatic heterocycles. The van der Waals surface area contributed by atoms with Crippen LogP contribution in [0.4, 0.5) is 5.13 Å². The summed E-state index contributed by atoms with van der Waals surface area (Å²) in [5.74, 6) is 0.418. The molecule has 10 heteroatoms. The zero-order valence-electron chi connectivity index (χ0n) is 19.4. The summed E-state index contributed by atoms with van der Waals surface area (Å²) in [6.07, 6.45) is 0.762. The molecule has 0 N–H and O–H groups in total. The van der Waals surface area contributed by atoms with Gasteiger partial charge in [0.1, 0.15) is 5.75 Å². The first-order valence-corrected chi connectivity index (χ1v) is 13.8. The molecule has 0 saturated carbocycles. The second-order valence-corrected chi connectivity index (χ2v) is 11.3. The fraction of sp³-hybridized carbons (Fsp3) is 0.417. The molecule has 1 aliphatic rings. The van der Waals surface area contributed by atoms with Crippen molar-refractivity contribution in [3.63, 3.8) is 0 Å². The normalized spacial score (nSPS) is 14.9. The van der Waals surface area contributed by atoms with E-state index in [0.717, 1.165) is 49.5 Å². The zero-order chi connectivity index (χ0) is 24.1. The maximum absolute atomic E-state index is 13.6. The van der Waals surface area contributed by atoms with Crippen molar-refractivity contribution in [2.24, 2.45) is 0 Å². The summed E-state index contributed by atoms with van der Waals surface area (Å²) >= 11 is 1.43. The first-order chi connectivity index (χ1) is 16.4. The largest absolute Gasteiger partial charge is 0.497 e. The molecule has 182 valence electrons. The molecule has 3 aromatic rings. The van der Waals surface area contributed by atoms with Gasteiger partial charge in [0.2, 0.25) is 0 Å². The molecule has 34 heavy (non-hydrogen) atoms. The number of carbonyl (C=O) groups excluding carboxylic acids is 1. The van der Waals surface area contributed by atoms with Gasteiger partial charge in [0.25, 0.3) is 5.91 Å². The highest BCUT2D eigenvalue weighted by atomic mass is 32.2. The maximum Gasteiger partial charge on any atom is 0.260 e. The van der Waals surface area contributed by atoms with Crippen molar-refractivity contribution in [1.29, 1.82) is 0 Å². The number of methoxy groups -OCH3 is 1. The molecular weight excluding hydrogens is 474 g/mol. The van der Waals surface area contributed by atoms with E-state index < -0.39 is 9.84 Å². The van der Waals surface area contributed by atoms with Crippen LogP contribution >= 0.6 is 11.3 Å². The highest BCUT2D eigenvalue weighted by molar-refractivity contribution is 7.91. The summed E-state index contributed by atoms with van der Waals surface area (Å²) in [6, 6.07) is 11.9. The Kier molecular flexibility index (Phi) is 7.82. The Morgan fingerprint density at radius 2 is 2.00 bits per heavy atom. The number of anilines is 1. The second-order valence-electron chi connectivity index (χ2n) is 8.03. The van der Waals surface area contributed by atoms with E-state index in [-0.39, 0.29) is 16.6 Å². The van der Waals surface area contributed by atoms with Gasteiger partial charge in [0.15, 0.2) is 15.0 Å². The minimum atomic E-state index is -3.42. The number of aromatic nitrogens is 1. The van der Waals surface area contributed by atoms with E-state index in [9.17, 15) is 13.2 Å². The van der Waals surface area contributed by atoms with Crippen molar-refractivity contribution >= 4 is 42.4 Å². The van der Waals surface area contributed by atoms with Gasteiger partial charge in [-0.2, -0.15) is 0 Å². The molecule has 4 rings (SSSR count). The lowest BCUT2D eigenvalue weighted by Gasteiger charge is -2.27. The number of nitrogens with zero attached hydrogens (tertiary/aromatic N) is 3. The van der Waals surface area contributed by atoms with E-state index in [1.54, 1.807) is 31.1 Å². The van der Waals surface area contributed by atoms with Crippen LogP contribution in [-0.4, -0.2) is 76.5 Å². The zero-order valence-corrected chi connectivity index (χ0v) is 21.0. The molecule has 0 spiro atoms. The molecule has 2 aromatic carbocycles. The number of fused-ring (bicyclic) bond motifs is 1. The Morgan fingerprint density at radius 1 is 1.21 bits per heavy atom. The van der Waals surface area contributed by atoms with Crippen LogP contribution in [-0.2, 0) is 14.6 Å². The molecule has 1 fully saturated rings. The van der Waals surface area contributed by atoms with Crippen molar-refractivity contribution in [3.8, 4) is 5.75 Å². The van der Waals surface area contributed by atoms with Crippen LogP contribution in [0.15, 0.2) is 47.4 Å². The quantitative estimate of drug-likeness (QED) is 0.442. The fourth-order valence-corrected chi connectivity index (χ4v) is 5.74. The van der Waals surface area contributed by atoms with Crippen LogP contribution < -0.4 is 9.64 Å². The lowest BCUT2D eigenvalue weighted by Crippen LogP contribution is -2.39. The van der Waals surface area contributed by atoms with E-state index in [4.69, 9.17) is 14.5 Å². The molecule has 1 aromatic heterocycles. The van der Waals surface area contributed by atoms with Gasteiger partial charge in [-0.1, -0.05) is 24.3 Å². The predicted octanol–water partition coefficient (Wildman–Crippen LogP) is 3.47. The number of morpholine rings is 1. The van der Waals surface area contributed by atoms with Crippen LogP contribution in [0.25, 0.3) is 10.2 Å². The number of ether oxygens (including phenoxy) is 2. The lowest BCUT2D eigenvalue weighted by atomic mass is 10.2. The average Bonchev–Trinajstić information content (AvgIpc) is 3.29. The number of hydrogen-bond acceptors (Lipinski definition) is 8. The Morgan fingerprint density at radius 3 is 2.74 bits per heavy atom. The van der Waals surface area contributed by atoms with Gasteiger partial charge in [-0.25, -0.2) is 13.4 Å². The van der Waals surface area contributed by atoms with E-state index in [1.165, 1.54) is 23.5 Å².